The Balaban J connectivity index is 2.02. The van der Waals surface area contributed by atoms with E-state index in [1.165, 1.54) is 6.33 Å². The van der Waals surface area contributed by atoms with Gasteiger partial charge in [0.2, 0.25) is 0 Å². The van der Waals surface area contributed by atoms with Crippen molar-refractivity contribution in [2.75, 3.05) is 6.54 Å². The number of hydrogen-bond acceptors (Lipinski definition) is 4. The normalized spacial score (nSPS) is 24.5. The fourth-order valence-electron chi connectivity index (χ4n) is 2.65. The molecule has 1 aliphatic rings. The Kier molecular flexibility index (Phi) is 2.44. The standard InChI is InChI=1S/C11H15N5O/c12-4-7-1-2-8(3-7)16-6-15-9-10(16)13-5-14-11(9)17/h5-8H,1-4,12H2,(H,13,14,17)/t7-,8-/m1/s1. The van der Waals surface area contributed by atoms with Crippen LogP contribution in [0.3, 0.4) is 0 Å². The second-order valence-electron chi connectivity index (χ2n) is 4.62. The fourth-order valence-corrected chi connectivity index (χ4v) is 2.65. The van der Waals surface area contributed by atoms with Crippen LogP contribution >= 0.6 is 0 Å². The van der Waals surface area contributed by atoms with Gasteiger partial charge in [-0.05, 0) is 31.7 Å². The van der Waals surface area contributed by atoms with Gasteiger partial charge in [0.1, 0.15) is 0 Å². The molecule has 0 spiro atoms. The number of imidazole rings is 1. The molecule has 0 radical (unpaired) electrons. The highest BCUT2D eigenvalue weighted by Gasteiger charge is 2.26. The summed E-state index contributed by atoms with van der Waals surface area (Å²) in [5, 5.41) is 0. The third kappa shape index (κ3) is 1.64. The Morgan fingerprint density at radius 1 is 1.47 bits per heavy atom. The Labute approximate surface area is 97.9 Å². The summed E-state index contributed by atoms with van der Waals surface area (Å²) in [7, 11) is 0. The zero-order valence-corrected chi connectivity index (χ0v) is 9.47. The first-order chi connectivity index (χ1) is 8.29. The minimum atomic E-state index is -0.179. The third-order valence-electron chi connectivity index (χ3n) is 3.61. The SMILES string of the molecule is NC[C@@H]1CC[C@@H](n2cnc3c(=O)[nH]cnc32)C1. The van der Waals surface area contributed by atoms with Crippen LogP contribution in [-0.2, 0) is 0 Å². The van der Waals surface area contributed by atoms with Crippen molar-refractivity contribution in [3.05, 3.63) is 23.0 Å². The molecule has 6 nitrogen and oxygen atoms in total. The van der Waals surface area contributed by atoms with Crippen molar-refractivity contribution in [2.24, 2.45) is 11.7 Å². The first-order valence-electron chi connectivity index (χ1n) is 5.90. The number of fused-ring (bicyclic) bond motifs is 1. The summed E-state index contributed by atoms with van der Waals surface area (Å²) in [4.78, 5) is 22.4. The molecule has 0 aliphatic heterocycles. The number of aromatic nitrogens is 4. The average Bonchev–Trinajstić information content (AvgIpc) is 2.94. The van der Waals surface area contributed by atoms with E-state index in [0.29, 0.717) is 23.1 Å². The second-order valence-corrected chi connectivity index (χ2v) is 4.62. The molecule has 6 heteroatoms. The summed E-state index contributed by atoms with van der Waals surface area (Å²) >= 11 is 0. The summed E-state index contributed by atoms with van der Waals surface area (Å²) in [5.41, 5.74) is 6.61. The summed E-state index contributed by atoms with van der Waals surface area (Å²) in [6.07, 6.45) is 6.43. The van der Waals surface area contributed by atoms with Crippen LogP contribution in [0.5, 0.6) is 0 Å². The molecule has 0 bridgehead atoms. The highest BCUT2D eigenvalue weighted by atomic mass is 16.1. The zero-order chi connectivity index (χ0) is 11.8. The molecule has 3 rings (SSSR count). The van der Waals surface area contributed by atoms with Gasteiger partial charge in [-0.25, -0.2) is 9.97 Å². The molecule has 1 fully saturated rings. The summed E-state index contributed by atoms with van der Waals surface area (Å²) in [6.45, 7) is 0.733. The van der Waals surface area contributed by atoms with Gasteiger partial charge in [0.25, 0.3) is 5.56 Å². The Morgan fingerprint density at radius 3 is 3.12 bits per heavy atom. The predicted molar refractivity (Wildman–Crippen MR) is 63.6 cm³/mol. The average molecular weight is 233 g/mol. The molecule has 2 aromatic rings. The highest BCUT2D eigenvalue weighted by Crippen LogP contribution is 2.34. The number of nitrogens with two attached hydrogens (primary N) is 1. The van der Waals surface area contributed by atoms with Gasteiger partial charge in [-0.15, -0.1) is 0 Å². The van der Waals surface area contributed by atoms with Gasteiger partial charge in [-0.1, -0.05) is 0 Å². The quantitative estimate of drug-likeness (QED) is 0.786. The van der Waals surface area contributed by atoms with Gasteiger partial charge in [0.05, 0.1) is 12.7 Å². The number of aromatic amines is 1. The van der Waals surface area contributed by atoms with Crippen LogP contribution in [0.15, 0.2) is 17.4 Å². The Morgan fingerprint density at radius 2 is 2.35 bits per heavy atom. The van der Waals surface area contributed by atoms with E-state index >= 15 is 0 Å². The maximum absolute atomic E-state index is 11.5. The highest BCUT2D eigenvalue weighted by molar-refractivity contribution is 5.68. The lowest BCUT2D eigenvalue weighted by Crippen LogP contribution is -2.12. The number of rotatable bonds is 2. The van der Waals surface area contributed by atoms with E-state index in [1.807, 2.05) is 4.57 Å². The van der Waals surface area contributed by atoms with Crippen LogP contribution in [0.4, 0.5) is 0 Å². The molecule has 2 aromatic heterocycles. The van der Waals surface area contributed by atoms with Crippen LogP contribution in [0.2, 0.25) is 0 Å². The maximum atomic E-state index is 11.5. The Bertz CT molecular complexity index is 587. The summed E-state index contributed by atoms with van der Waals surface area (Å²) in [5.74, 6) is 0.583. The lowest BCUT2D eigenvalue weighted by molar-refractivity contribution is 0.488. The van der Waals surface area contributed by atoms with Crippen molar-refractivity contribution < 1.29 is 0 Å². The van der Waals surface area contributed by atoms with Crippen molar-refractivity contribution in [3.8, 4) is 0 Å². The van der Waals surface area contributed by atoms with Gasteiger partial charge in [-0.3, -0.25) is 4.79 Å². The lowest BCUT2D eigenvalue weighted by Gasteiger charge is -2.12. The van der Waals surface area contributed by atoms with Crippen LogP contribution in [0.1, 0.15) is 25.3 Å². The summed E-state index contributed by atoms with van der Waals surface area (Å²) < 4.78 is 2.01. The molecule has 3 N–H and O–H groups in total. The third-order valence-corrected chi connectivity index (χ3v) is 3.61. The number of hydrogen-bond donors (Lipinski definition) is 2. The van der Waals surface area contributed by atoms with E-state index in [9.17, 15) is 4.79 Å². The van der Waals surface area contributed by atoms with Crippen LogP contribution in [0.25, 0.3) is 11.2 Å². The number of nitrogens with one attached hydrogen (secondary N) is 1. The molecule has 0 amide bonds. The predicted octanol–water partition coefficient (Wildman–Crippen LogP) is 0.419. The second kappa shape index (κ2) is 3.96. The minimum Gasteiger partial charge on any atom is -0.330 e. The van der Waals surface area contributed by atoms with Crippen molar-refractivity contribution >= 4 is 11.2 Å². The molecular weight excluding hydrogens is 218 g/mol. The summed E-state index contributed by atoms with van der Waals surface area (Å²) in [6, 6.07) is 0.378. The molecule has 90 valence electrons. The fraction of sp³-hybridized carbons (Fsp3) is 0.545. The van der Waals surface area contributed by atoms with Crippen molar-refractivity contribution in [1.29, 1.82) is 0 Å². The number of H-pyrrole nitrogens is 1. The van der Waals surface area contributed by atoms with Crippen LogP contribution in [-0.4, -0.2) is 26.1 Å². The van der Waals surface area contributed by atoms with E-state index in [4.69, 9.17) is 5.73 Å². The first kappa shape index (κ1) is 10.5. The van der Waals surface area contributed by atoms with Gasteiger partial charge >= 0.3 is 0 Å². The molecular formula is C11H15N5O. The smallest absolute Gasteiger partial charge is 0.278 e. The zero-order valence-electron chi connectivity index (χ0n) is 9.47. The van der Waals surface area contributed by atoms with Gasteiger partial charge in [-0.2, -0.15) is 0 Å². The Hall–Kier alpha value is -1.69. The lowest BCUT2D eigenvalue weighted by atomic mass is 10.1. The van der Waals surface area contributed by atoms with Gasteiger partial charge in [0.15, 0.2) is 11.2 Å². The molecule has 1 aliphatic carbocycles. The monoisotopic (exact) mass is 233 g/mol. The molecule has 1 saturated carbocycles. The largest absolute Gasteiger partial charge is 0.330 e. The molecule has 2 heterocycles. The van der Waals surface area contributed by atoms with Crippen molar-refractivity contribution in [3.63, 3.8) is 0 Å². The van der Waals surface area contributed by atoms with E-state index in [1.54, 1.807) is 6.33 Å². The molecule has 0 saturated heterocycles. The van der Waals surface area contributed by atoms with Gasteiger partial charge in [0, 0.05) is 6.04 Å². The van der Waals surface area contributed by atoms with E-state index in [2.05, 4.69) is 15.0 Å². The molecule has 0 aromatic carbocycles. The van der Waals surface area contributed by atoms with Crippen LogP contribution < -0.4 is 11.3 Å². The van der Waals surface area contributed by atoms with E-state index in [-0.39, 0.29) is 5.56 Å². The van der Waals surface area contributed by atoms with E-state index in [0.717, 1.165) is 25.8 Å². The van der Waals surface area contributed by atoms with Crippen LogP contribution in [0, 0.1) is 5.92 Å². The molecule has 2 atom stereocenters. The van der Waals surface area contributed by atoms with Crippen molar-refractivity contribution in [1.82, 2.24) is 19.5 Å². The van der Waals surface area contributed by atoms with E-state index < -0.39 is 0 Å². The van der Waals surface area contributed by atoms with Gasteiger partial charge < -0.3 is 15.3 Å². The number of nitrogens with zero attached hydrogens (tertiary/aromatic N) is 3. The first-order valence-corrected chi connectivity index (χ1v) is 5.90. The molecule has 17 heavy (non-hydrogen) atoms. The maximum Gasteiger partial charge on any atom is 0.278 e. The minimum absolute atomic E-state index is 0.179. The molecule has 0 unspecified atom stereocenters. The van der Waals surface area contributed by atoms with Crippen molar-refractivity contribution in [2.45, 2.75) is 25.3 Å². The topological polar surface area (TPSA) is 89.6 Å².